The fourth-order valence-corrected chi connectivity index (χ4v) is 4.48. The van der Waals surface area contributed by atoms with Crippen molar-refractivity contribution in [2.45, 2.75) is 0 Å². The van der Waals surface area contributed by atoms with Crippen LogP contribution in [-0.2, 0) is 0 Å². The summed E-state index contributed by atoms with van der Waals surface area (Å²) < 4.78 is 11.9. The molecule has 0 fully saturated rings. The topological polar surface area (TPSA) is 54.9 Å². The molecular formula is C23H21N3O3S. The third kappa shape index (κ3) is 3.46. The number of amides is 1. The molecule has 6 nitrogen and oxygen atoms in total. The number of hydrogen-bond acceptors (Lipinski definition) is 6. The van der Waals surface area contributed by atoms with Gasteiger partial charge in [-0.2, -0.15) is 0 Å². The van der Waals surface area contributed by atoms with Gasteiger partial charge in [-0.3, -0.25) is 9.69 Å². The molecule has 0 aliphatic carbocycles. The van der Waals surface area contributed by atoms with Gasteiger partial charge in [-0.25, -0.2) is 4.98 Å². The number of aromatic nitrogens is 1. The van der Waals surface area contributed by atoms with Gasteiger partial charge in [0.25, 0.3) is 5.91 Å². The smallest absolute Gasteiger partial charge is 0.260 e. The number of fused-ring (bicyclic) bond motifs is 3. The Kier molecular flexibility index (Phi) is 4.77. The second-order valence-electron chi connectivity index (χ2n) is 7.49. The maximum Gasteiger partial charge on any atom is 0.260 e. The number of hydrogen-bond donors (Lipinski definition) is 0. The van der Waals surface area contributed by atoms with Gasteiger partial charge in [0.05, 0.1) is 10.2 Å². The van der Waals surface area contributed by atoms with Crippen molar-refractivity contribution in [2.24, 2.45) is 0 Å². The number of benzene rings is 3. The molecular weight excluding hydrogens is 398 g/mol. The van der Waals surface area contributed by atoms with E-state index >= 15 is 0 Å². The minimum absolute atomic E-state index is 0.0540. The number of nitrogens with zero attached hydrogens (tertiary/aromatic N) is 3. The monoisotopic (exact) mass is 419 g/mol. The fourth-order valence-electron chi connectivity index (χ4n) is 3.48. The minimum Gasteiger partial charge on any atom is -0.454 e. The first-order valence-electron chi connectivity index (χ1n) is 9.74. The first-order chi connectivity index (χ1) is 14.6. The molecule has 1 aliphatic rings. The van der Waals surface area contributed by atoms with E-state index in [1.54, 1.807) is 4.90 Å². The lowest BCUT2D eigenvalue weighted by Crippen LogP contribution is -2.36. The molecule has 0 radical (unpaired) electrons. The second-order valence-corrected chi connectivity index (χ2v) is 8.50. The molecule has 5 rings (SSSR count). The third-order valence-corrected chi connectivity index (χ3v) is 6.16. The van der Waals surface area contributed by atoms with Crippen LogP contribution < -0.4 is 14.4 Å². The number of rotatable bonds is 5. The standard InChI is InChI=1S/C23H21N3O3S/c1-25(2)9-10-26(22(27)17-8-7-15-5-3-4-6-16(15)11-17)23-24-18-12-19-20(29-14-28-19)13-21(18)30-23/h3-8,11-13H,9-10,14H2,1-2H3. The summed E-state index contributed by atoms with van der Waals surface area (Å²) in [5.41, 5.74) is 1.46. The van der Waals surface area contributed by atoms with E-state index in [0.29, 0.717) is 23.0 Å². The van der Waals surface area contributed by atoms with Gasteiger partial charge in [-0.1, -0.05) is 41.7 Å². The average Bonchev–Trinajstić information content (AvgIpc) is 3.37. The van der Waals surface area contributed by atoms with E-state index < -0.39 is 0 Å². The maximum absolute atomic E-state index is 13.5. The summed E-state index contributed by atoms with van der Waals surface area (Å²) in [5.74, 6) is 1.36. The van der Waals surface area contributed by atoms with Gasteiger partial charge < -0.3 is 14.4 Å². The molecule has 7 heteroatoms. The number of carbonyl (C=O) groups is 1. The molecule has 0 atom stereocenters. The highest BCUT2D eigenvalue weighted by molar-refractivity contribution is 7.22. The summed E-state index contributed by atoms with van der Waals surface area (Å²) in [5, 5.41) is 2.84. The van der Waals surface area contributed by atoms with E-state index in [-0.39, 0.29) is 12.7 Å². The Labute approximate surface area is 178 Å². The largest absolute Gasteiger partial charge is 0.454 e. The van der Waals surface area contributed by atoms with Crippen molar-refractivity contribution in [1.29, 1.82) is 0 Å². The lowest BCUT2D eigenvalue weighted by atomic mass is 10.1. The Bertz CT molecular complexity index is 1210. The summed E-state index contributed by atoms with van der Waals surface area (Å²) in [6.45, 7) is 1.51. The van der Waals surface area contributed by atoms with Crippen LogP contribution in [0, 0.1) is 0 Å². The van der Waals surface area contributed by atoms with Crippen molar-refractivity contribution in [1.82, 2.24) is 9.88 Å². The highest BCUT2D eigenvalue weighted by Crippen LogP contribution is 2.40. The first kappa shape index (κ1) is 18.8. The molecule has 0 spiro atoms. The van der Waals surface area contributed by atoms with E-state index in [1.807, 2.05) is 68.7 Å². The second kappa shape index (κ2) is 7.59. The normalized spacial score (nSPS) is 12.8. The molecule has 0 N–H and O–H groups in total. The fraction of sp³-hybridized carbons (Fsp3) is 0.217. The molecule has 30 heavy (non-hydrogen) atoms. The SMILES string of the molecule is CN(C)CCN(C(=O)c1ccc2ccccc2c1)c1nc2cc3c(cc2s1)OCO3. The van der Waals surface area contributed by atoms with Crippen LogP contribution in [0.4, 0.5) is 5.13 Å². The van der Waals surface area contributed by atoms with Crippen molar-refractivity contribution in [3.05, 3.63) is 60.2 Å². The van der Waals surface area contributed by atoms with Crippen LogP contribution in [-0.4, -0.2) is 49.8 Å². The van der Waals surface area contributed by atoms with Crippen molar-refractivity contribution in [3.63, 3.8) is 0 Å². The molecule has 3 aromatic carbocycles. The summed E-state index contributed by atoms with van der Waals surface area (Å²) >= 11 is 1.49. The van der Waals surface area contributed by atoms with E-state index in [9.17, 15) is 4.79 Å². The van der Waals surface area contributed by atoms with Gasteiger partial charge in [0, 0.05) is 30.8 Å². The highest BCUT2D eigenvalue weighted by Gasteiger charge is 2.23. The van der Waals surface area contributed by atoms with Crippen LogP contribution in [0.2, 0.25) is 0 Å². The summed E-state index contributed by atoms with van der Waals surface area (Å²) in [6.07, 6.45) is 0. The molecule has 1 aromatic heterocycles. The van der Waals surface area contributed by atoms with Crippen LogP contribution in [0.3, 0.4) is 0 Å². The Morgan fingerprint density at radius 3 is 2.57 bits per heavy atom. The van der Waals surface area contributed by atoms with Gasteiger partial charge in [0.2, 0.25) is 6.79 Å². The van der Waals surface area contributed by atoms with Crippen LogP contribution in [0.1, 0.15) is 10.4 Å². The quantitative estimate of drug-likeness (QED) is 0.480. The van der Waals surface area contributed by atoms with Gasteiger partial charge in [-0.05, 0) is 37.0 Å². The number of ether oxygens (including phenoxy) is 2. The molecule has 1 aliphatic heterocycles. The van der Waals surface area contributed by atoms with Crippen molar-refractivity contribution < 1.29 is 14.3 Å². The predicted octanol–water partition coefficient (Wildman–Crippen LogP) is 4.39. The lowest BCUT2D eigenvalue weighted by molar-refractivity contribution is 0.0985. The van der Waals surface area contributed by atoms with Crippen LogP contribution in [0.25, 0.3) is 21.0 Å². The zero-order chi connectivity index (χ0) is 20.7. The number of carbonyl (C=O) groups excluding carboxylic acids is 1. The zero-order valence-electron chi connectivity index (χ0n) is 16.8. The van der Waals surface area contributed by atoms with Crippen LogP contribution in [0.5, 0.6) is 11.5 Å². The van der Waals surface area contributed by atoms with E-state index in [2.05, 4.69) is 4.90 Å². The van der Waals surface area contributed by atoms with Crippen LogP contribution >= 0.6 is 11.3 Å². The summed E-state index contributed by atoms with van der Waals surface area (Å²) in [7, 11) is 3.99. The summed E-state index contributed by atoms with van der Waals surface area (Å²) in [4.78, 5) is 22.1. The predicted molar refractivity (Wildman–Crippen MR) is 120 cm³/mol. The molecule has 0 unspecified atom stereocenters. The third-order valence-electron chi connectivity index (χ3n) is 5.11. The minimum atomic E-state index is -0.0540. The molecule has 0 saturated heterocycles. The van der Waals surface area contributed by atoms with E-state index in [4.69, 9.17) is 14.5 Å². The molecule has 152 valence electrons. The van der Waals surface area contributed by atoms with Gasteiger partial charge in [0.15, 0.2) is 16.6 Å². The van der Waals surface area contributed by atoms with Crippen molar-refractivity contribution in [3.8, 4) is 11.5 Å². The molecule has 4 aromatic rings. The van der Waals surface area contributed by atoms with E-state index in [0.717, 1.165) is 33.3 Å². The maximum atomic E-state index is 13.5. The molecule has 1 amide bonds. The average molecular weight is 420 g/mol. The Morgan fingerprint density at radius 2 is 1.77 bits per heavy atom. The van der Waals surface area contributed by atoms with E-state index in [1.165, 1.54) is 11.3 Å². The number of thiazole rings is 1. The molecule has 2 heterocycles. The lowest BCUT2D eigenvalue weighted by Gasteiger charge is -2.22. The van der Waals surface area contributed by atoms with Crippen LogP contribution in [0.15, 0.2) is 54.6 Å². The van der Waals surface area contributed by atoms with Gasteiger partial charge in [-0.15, -0.1) is 0 Å². The Hall–Kier alpha value is -3.16. The number of anilines is 1. The van der Waals surface area contributed by atoms with Crippen molar-refractivity contribution >= 4 is 43.4 Å². The summed E-state index contributed by atoms with van der Waals surface area (Å²) in [6, 6.07) is 17.7. The van der Waals surface area contributed by atoms with Gasteiger partial charge >= 0.3 is 0 Å². The Morgan fingerprint density at radius 1 is 1.00 bits per heavy atom. The first-order valence-corrected chi connectivity index (χ1v) is 10.6. The molecule has 0 bridgehead atoms. The zero-order valence-corrected chi connectivity index (χ0v) is 17.6. The van der Waals surface area contributed by atoms with Crippen molar-refractivity contribution in [2.75, 3.05) is 38.9 Å². The highest BCUT2D eigenvalue weighted by atomic mass is 32.1. The molecule has 0 saturated carbocycles. The number of likely N-dealkylation sites (N-methyl/N-ethyl adjacent to an activating group) is 1. The van der Waals surface area contributed by atoms with Gasteiger partial charge in [0.1, 0.15) is 0 Å². The Balaban J connectivity index is 1.53.